The number of rotatable bonds is 8. The summed E-state index contributed by atoms with van der Waals surface area (Å²) in [5.41, 5.74) is 5.27. The number of nitrogens with one attached hydrogen (secondary N) is 1. The number of aromatic amines is 1. The number of aryl methyl sites for hydroxylation is 1. The lowest BCUT2D eigenvalue weighted by atomic mass is 9.95. The Morgan fingerprint density at radius 3 is 2.61 bits per heavy atom. The molecular weight excluding hydrogens is 390 g/mol. The molecule has 1 aliphatic heterocycles. The second kappa shape index (κ2) is 8.84. The van der Waals surface area contributed by atoms with Crippen molar-refractivity contribution in [2.75, 3.05) is 13.2 Å². The van der Waals surface area contributed by atoms with Crippen LogP contribution in [0.1, 0.15) is 66.3 Å². The number of phenols is 1. The smallest absolute Gasteiger partial charge is 0.273 e. The SMILES string of the molecule is CCCCCN1C(=O)c2[nH]nc(-c3ccc(C)cc3)c2C1c1ccc(O)c(OCC)c1. The van der Waals surface area contributed by atoms with Crippen molar-refractivity contribution >= 4 is 5.91 Å². The van der Waals surface area contributed by atoms with Crippen LogP contribution >= 0.6 is 0 Å². The zero-order valence-electron chi connectivity index (χ0n) is 18.3. The lowest BCUT2D eigenvalue weighted by Gasteiger charge is -2.27. The van der Waals surface area contributed by atoms with Gasteiger partial charge in [0.2, 0.25) is 0 Å². The van der Waals surface area contributed by atoms with E-state index in [1.807, 2.05) is 43.0 Å². The van der Waals surface area contributed by atoms with Gasteiger partial charge in [-0.25, -0.2) is 0 Å². The normalized spacial score (nSPS) is 15.4. The third-order valence-corrected chi connectivity index (χ3v) is 5.79. The number of carbonyl (C=O) groups is 1. The molecule has 1 aromatic heterocycles. The zero-order valence-corrected chi connectivity index (χ0v) is 18.3. The van der Waals surface area contributed by atoms with Crippen molar-refractivity contribution in [3.8, 4) is 22.8 Å². The van der Waals surface area contributed by atoms with Crippen molar-refractivity contribution in [1.29, 1.82) is 0 Å². The van der Waals surface area contributed by atoms with Crippen molar-refractivity contribution < 1.29 is 14.6 Å². The molecule has 6 heteroatoms. The van der Waals surface area contributed by atoms with Gasteiger partial charge in [-0.1, -0.05) is 55.7 Å². The van der Waals surface area contributed by atoms with Crippen LogP contribution in [0.15, 0.2) is 42.5 Å². The fraction of sp³-hybridized carbons (Fsp3) is 0.360. The van der Waals surface area contributed by atoms with Gasteiger partial charge >= 0.3 is 0 Å². The molecule has 0 saturated carbocycles. The Bertz CT molecular complexity index is 1070. The molecule has 0 saturated heterocycles. The molecule has 162 valence electrons. The van der Waals surface area contributed by atoms with E-state index in [9.17, 15) is 9.90 Å². The fourth-order valence-electron chi connectivity index (χ4n) is 4.21. The highest BCUT2D eigenvalue weighted by atomic mass is 16.5. The minimum atomic E-state index is -0.283. The summed E-state index contributed by atoms with van der Waals surface area (Å²) in [6, 6.07) is 13.2. The first-order chi connectivity index (χ1) is 15.0. The second-order valence-corrected chi connectivity index (χ2v) is 8.00. The van der Waals surface area contributed by atoms with E-state index >= 15 is 0 Å². The van der Waals surface area contributed by atoms with E-state index in [1.165, 1.54) is 5.56 Å². The summed E-state index contributed by atoms with van der Waals surface area (Å²) in [4.78, 5) is 15.2. The van der Waals surface area contributed by atoms with Crippen LogP contribution in [0.4, 0.5) is 0 Å². The van der Waals surface area contributed by atoms with Crippen LogP contribution in [0.25, 0.3) is 11.3 Å². The van der Waals surface area contributed by atoms with Crippen LogP contribution in [0, 0.1) is 6.92 Å². The maximum atomic E-state index is 13.3. The van der Waals surface area contributed by atoms with E-state index in [1.54, 1.807) is 6.07 Å². The quantitative estimate of drug-likeness (QED) is 0.490. The number of phenolic OH excluding ortho intramolecular Hbond substituents is 1. The molecule has 4 rings (SSSR count). The van der Waals surface area contributed by atoms with Crippen LogP contribution in [0.3, 0.4) is 0 Å². The van der Waals surface area contributed by atoms with Crippen molar-refractivity contribution in [2.24, 2.45) is 0 Å². The van der Waals surface area contributed by atoms with Gasteiger partial charge in [-0.2, -0.15) is 5.10 Å². The lowest BCUT2D eigenvalue weighted by Crippen LogP contribution is -2.30. The number of hydrogen-bond donors (Lipinski definition) is 2. The van der Waals surface area contributed by atoms with Crippen LogP contribution < -0.4 is 4.74 Å². The number of nitrogens with zero attached hydrogens (tertiary/aromatic N) is 2. The topological polar surface area (TPSA) is 78.5 Å². The van der Waals surface area contributed by atoms with Gasteiger partial charge in [-0.15, -0.1) is 0 Å². The molecule has 0 fully saturated rings. The Balaban J connectivity index is 1.82. The van der Waals surface area contributed by atoms with Gasteiger partial charge < -0.3 is 14.7 Å². The summed E-state index contributed by atoms with van der Waals surface area (Å²) in [5, 5.41) is 17.7. The molecule has 3 aromatic rings. The standard InChI is InChI=1S/C25H29N3O3/c1-4-6-7-14-28-24(18-12-13-19(29)20(15-18)31-5-2)21-22(26-27-23(21)25(28)30)17-10-8-16(3)9-11-17/h8-13,15,24,29H,4-7,14H2,1-3H3,(H,26,27). The number of amides is 1. The molecule has 0 aliphatic carbocycles. The van der Waals surface area contributed by atoms with Gasteiger partial charge in [0.1, 0.15) is 5.69 Å². The Labute approximate surface area is 182 Å². The first-order valence-electron chi connectivity index (χ1n) is 11.0. The van der Waals surface area contributed by atoms with Crippen molar-refractivity contribution in [3.05, 3.63) is 64.8 Å². The average molecular weight is 420 g/mol. The molecule has 6 nitrogen and oxygen atoms in total. The van der Waals surface area contributed by atoms with Crippen molar-refractivity contribution in [2.45, 2.75) is 46.1 Å². The largest absolute Gasteiger partial charge is 0.504 e. The first-order valence-corrected chi connectivity index (χ1v) is 11.0. The number of H-pyrrole nitrogens is 1. The molecule has 0 radical (unpaired) electrons. The molecule has 0 bridgehead atoms. The van der Waals surface area contributed by atoms with Crippen LogP contribution in [-0.2, 0) is 0 Å². The Morgan fingerprint density at radius 1 is 1.13 bits per heavy atom. The number of benzene rings is 2. The summed E-state index contributed by atoms with van der Waals surface area (Å²) in [6.45, 7) is 7.20. The van der Waals surface area contributed by atoms with E-state index < -0.39 is 0 Å². The summed E-state index contributed by atoms with van der Waals surface area (Å²) >= 11 is 0. The molecule has 2 aromatic carbocycles. The van der Waals surface area contributed by atoms with Gasteiger partial charge in [-0.3, -0.25) is 9.89 Å². The van der Waals surface area contributed by atoms with Crippen LogP contribution in [-0.4, -0.2) is 39.3 Å². The highest BCUT2D eigenvalue weighted by molar-refractivity contribution is 6.00. The van der Waals surface area contributed by atoms with E-state index in [2.05, 4.69) is 29.3 Å². The minimum Gasteiger partial charge on any atom is -0.504 e. The number of ether oxygens (including phenoxy) is 1. The highest BCUT2D eigenvalue weighted by Gasteiger charge is 2.42. The van der Waals surface area contributed by atoms with Gasteiger partial charge in [0.05, 0.1) is 18.3 Å². The molecule has 31 heavy (non-hydrogen) atoms. The predicted molar refractivity (Wildman–Crippen MR) is 120 cm³/mol. The number of aromatic nitrogens is 2. The Hall–Kier alpha value is -3.28. The van der Waals surface area contributed by atoms with Crippen molar-refractivity contribution in [1.82, 2.24) is 15.1 Å². The summed E-state index contributed by atoms with van der Waals surface area (Å²) in [7, 11) is 0. The Morgan fingerprint density at radius 2 is 1.90 bits per heavy atom. The Kier molecular flexibility index (Phi) is 5.98. The third-order valence-electron chi connectivity index (χ3n) is 5.79. The number of carbonyl (C=O) groups excluding carboxylic acids is 1. The van der Waals surface area contributed by atoms with Gasteiger partial charge in [0, 0.05) is 17.7 Å². The molecule has 1 aliphatic rings. The molecule has 1 amide bonds. The van der Waals surface area contributed by atoms with Crippen molar-refractivity contribution in [3.63, 3.8) is 0 Å². The van der Waals surface area contributed by atoms with Gasteiger partial charge in [0.15, 0.2) is 11.5 Å². The number of fused-ring (bicyclic) bond motifs is 1. The van der Waals surface area contributed by atoms with E-state index in [0.29, 0.717) is 24.6 Å². The second-order valence-electron chi connectivity index (χ2n) is 8.00. The number of aromatic hydroxyl groups is 1. The number of hydrogen-bond acceptors (Lipinski definition) is 4. The third kappa shape index (κ3) is 3.90. The molecular formula is C25H29N3O3. The fourth-order valence-corrected chi connectivity index (χ4v) is 4.21. The maximum absolute atomic E-state index is 13.3. The monoisotopic (exact) mass is 419 g/mol. The predicted octanol–water partition coefficient (Wildman–Crippen LogP) is 5.22. The van der Waals surface area contributed by atoms with E-state index in [4.69, 9.17) is 4.74 Å². The minimum absolute atomic E-state index is 0.0343. The first kappa shape index (κ1) is 21.0. The summed E-state index contributed by atoms with van der Waals surface area (Å²) in [6.07, 6.45) is 3.09. The van der Waals surface area contributed by atoms with Gasteiger partial charge in [0.25, 0.3) is 5.91 Å². The van der Waals surface area contributed by atoms with E-state index in [0.717, 1.165) is 41.6 Å². The van der Waals surface area contributed by atoms with Crippen LogP contribution in [0.5, 0.6) is 11.5 Å². The van der Waals surface area contributed by atoms with Crippen LogP contribution in [0.2, 0.25) is 0 Å². The van der Waals surface area contributed by atoms with Gasteiger partial charge in [-0.05, 0) is 38.0 Å². The molecule has 2 heterocycles. The zero-order chi connectivity index (χ0) is 22.0. The average Bonchev–Trinajstić information content (AvgIpc) is 3.30. The highest BCUT2D eigenvalue weighted by Crippen LogP contribution is 2.44. The summed E-state index contributed by atoms with van der Waals surface area (Å²) in [5.74, 6) is 0.487. The molecule has 1 atom stereocenters. The number of unbranched alkanes of at least 4 members (excludes halogenated alkanes) is 2. The molecule has 0 spiro atoms. The molecule has 1 unspecified atom stereocenters. The molecule has 2 N–H and O–H groups in total. The van der Waals surface area contributed by atoms with E-state index in [-0.39, 0.29) is 17.7 Å². The summed E-state index contributed by atoms with van der Waals surface area (Å²) < 4.78 is 5.62. The maximum Gasteiger partial charge on any atom is 0.273 e. The lowest BCUT2D eigenvalue weighted by molar-refractivity contribution is 0.0740.